The van der Waals surface area contributed by atoms with Crippen molar-refractivity contribution in [3.05, 3.63) is 60.2 Å². The van der Waals surface area contributed by atoms with Gasteiger partial charge < -0.3 is 27.0 Å². The molecule has 42 heavy (non-hydrogen) atoms. The van der Waals surface area contributed by atoms with Crippen molar-refractivity contribution in [2.24, 2.45) is 28.3 Å². The summed E-state index contributed by atoms with van der Waals surface area (Å²) in [6, 6.07) is 15.0. The van der Waals surface area contributed by atoms with E-state index in [9.17, 15) is 23.6 Å². The van der Waals surface area contributed by atoms with Crippen LogP contribution in [0.4, 0.5) is 4.39 Å². The van der Waals surface area contributed by atoms with Crippen LogP contribution in [-0.2, 0) is 14.4 Å². The molecule has 0 radical (unpaired) electrons. The van der Waals surface area contributed by atoms with Gasteiger partial charge in [-0.3, -0.25) is 24.2 Å². The molecule has 1 aliphatic heterocycles. The topological polar surface area (TPSA) is 160 Å². The number of aliphatic imine (C=N–C) groups is 1. The molecule has 1 saturated heterocycles. The summed E-state index contributed by atoms with van der Waals surface area (Å²) in [7, 11) is 0. The van der Waals surface area contributed by atoms with Crippen molar-refractivity contribution in [2.75, 3.05) is 19.8 Å². The number of nitrogens with two attached hydrogens (primary N) is 2. The minimum Gasteiger partial charge on any atom is -0.370 e. The molecule has 3 amide bonds. The molecule has 6 N–H and O–H groups in total. The molecule has 224 valence electrons. The number of likely N-dealkylation sites (tertiary alicyclic amines) is 1. The van der Waals surface area contributed by atoms with Gasteiger partial charge in [0.15, 0.2) is 11.7 Å². The summed E-state index contributed by atoms with van der Waals surface area (Å²) in [6.07, 6.45) is 1.61. The fourth-order valence-electron chi connectivity index (χ4n) is 5.72. The number of Topliss-reactive ketones (excluding diaryl/α,β-unsaturated/α-hetero) is 1. The summed E-state index contributed by atoms with van der Waals surface area (Å²) in [4.78, 5) is 58.3. The number of rotatable bonds is 13. The molecule has 0 spiro atoms. The number of carbonyl (C=O) groups is 4. The number of alkyl halides is 1. The number of piperidine rings is 1. The number of nitrogens with zero attached hydrogens (tertiary/aromatic N) is 2. The first-order valence-corrected chi connectivity index (χ1v) is 14.3. The molecular formula is C31H39FN6O4. The minimum absolute atomic E-state index is 0.0572. The second-order valence-electron chi connectivity index (χ2n) is 11.3. The summed E-state index contributed by atoms with van der Waals surface area (Å²) in [5.41, 5.74) is 12.0. The molecule has 2 aromatic carbocycles. The summed E-state index contributed by atoms with van der Waals surface area (Å²) in [5.74, 6) is -2.36. The maximum absolute atomic E-state index is 13.9. The molecular weight excluding hydrogens is 539 g/mol. The summed E-state index contributed by atoms with van der Waals surface area (Å²) < 4.78 is 13.3. The fourth-order valence-corrected chi connectivity index (χ4v) is 5.72. The predicted octanol–water partition coefficient (Wildman–Crippen LogP) is 2.18. The monoisotopic (exact) mass is 578 g/mol. The zero-order valence-corrected chi connectivity index (χ0v) is 24.0. The maximum Gasteiger partial charge on any atom is 0.251 e. The fraction of sp³-hybridized carbons (Fsp3) is 0.452. The normalized spacial score (nSPS) is 20.3. The molecule has 2 fully saturated rings. The van der Waals surface area contributed by atoms with Gasteiger partial charge in [-0.2, -0.15) is 0 Å². The van der Waals surface area contributed by atoms with E-state index < -0.39 is 36.0 Å². The van der Waals surface area contributed by atoms with Crippen molar-refractivity contribution in [3.8, 4) is 11.1 Å². The Hall–Kier alpha value is -4.28. The Morgan fingerprint density at radius 2 is 1.69 bits per heavy atom. The number of amides is 3. The van der Waals surface area contributed by atoms with Crippen LogP contribution in [0, 0.1) is 11.8 Å². The molecule has 1 heterocycles. The number of ketones is 1. The van der Waals surface area contributed by atoms with Crippen LogP contribution in [0.3, 0.4) is 0 Å². The van der Waals surface area contributed by atoms with Gasteiger partial charge in [-0.15, -0.1) is 0 Å². The lowest BCUT2D eigenvalue weighted by Gasteiger charge is -2.33. The SMILES string of the molecule is CC(C)[C@H](NC(=O)c1ccc(-c2ccccc2)cc1)C(=O)N1CCC2C[C@@]21C(=O)N[C@@H](CCCN=C(N)N)C(=O)CF. The van der Waals surface area contributed by atoms with Gasteiger partial charge in [-0.25, -0.2) is 4.39 Å². The van der Waals surface area contributed by atoms with Crippen molar-refractivity contribution in [2.45, 2.75) is 57.2 Å². The van der Waals surface area contributed by atoms with Gasteiger partial charge in [0.1, 0.15) is 18.3 Å². The molecule has 4 atom stereocenters. The van der Waals surface area contributed by atoms with Crippen molar-refractivity contribution in [1.29, 1.82) is 0 Å². The van der Waals surface area contributed by atoms with Crippen LogP contribution < -0.4 is 22.1 Å². The number of fused-ring (bicyclic) bond motifs is 1. The highest BCUT2D eigenvalue weighted by Crippen LogP contribution is 2.56. The molecule has 1 saturated carbocycles. The van der Waals surface area contributed by atoms with Crippen molar-refractivity contribution < 1.29 is 23.6 Å². The Balaban J connectivity index is 1.44. The molecule has 1 aliphatic carbocycles. The van der Waals surface area contributed by atoms with E-state index in [1.807, 2.05) is 56.3 Å². The first-order valence-electron chi connectivity index (χ1n) is 14.3. The van der Waals surface area contributed by atoms with Crippen LogP contribution in [0.5, 0.6) is 0 Å². The van der Waals surface area contributed by atoms with E-state index in [4.69, 9.17) is 11.5 Å². The number of halogens is 1. The van der Waals surface area contributed by atoms with Gasteiger partial charge in [-0.1, -0.05) is 56.3 Å². The first kappa shape index (κ1) is 30.7. The largest absolute Gasteiger partial charge is 0.370 e. The van der Waals surface area contributed by atoms with E-state index in [2.05, 4.69) is 15.6 Å². The highest BCUT2D eigenvalue weighted by molar-refractivity contribution is 6.02. The third kappa shape index (κ3) is 6.61. The summed E-state index contributed by atoms with van der Waals surface area (Å²) in [5, 5.41) is 5.57. The zero-order valence-electron chi connectivity index (χ0n) is 24.0. The summed E-state index contributed by atoms with van der Waals surface area (Å²) in [6.45, 7) is 3.04. The average molecular weight is 579 g/mol. The standard InChI is InChI=1S/C31H39FN6O4/c1-19(2)26(37-27(40)22-12-10-21(11-13-22)20-7-4-3-5-8-20)28(41)38-16-14-23-17-31(23,38)29(42)36-24(25(39)18-32)9-6-15-35-30(33)34/h3-5,7-8,10-13,19,23-24,26H,6,9,14-18H2,1-2H3,(H,36,42)(H,37,40)(H4,33,34,35)/t23?,24-,26-,31-/m0/s1. The van der Waals surface area contributed by atoms with Gasteiger partial charge in [0.25, 0.3) is 5.91 Å². The maximum atomic E-state index is 13.9. The first-order chi connectivity index (χ1) is 20.1. The zero-order chi connectivity index (χ0) is 30.4. The molecule has 10 nitrogen and oxygen atoms in total. The van der Waals surface area contributed by atoms with E-state index in [1.54, 1.807) is 12.1 Å². The van der Waals surface area contributed by atoms with Crippen LogP contribution in [-0.4, -0.2) is 71.8 Å². The molecule has 0 aromatic heterocycles. The van der Waals surface area contributed by atoms with E-state index >= 15 is 0 Å². The van der Waals surface area contributed by atoms with E-state index in [0.717, 1.165) is 11.1 Å². The highest BCUT2D eigenvalue weighted by atomic mass is 19.1. The van der Waals surface area contributed by atoms with E-state index in [-0.39, 0.29) is 42.6 Å². The van der Waals surface area contributed by atoms with Crippen LogP contribution in [0.15, 0.2) is 59.6 Å². The smallest absolute Gasteiger partial charge is 0.251 e. The molecule has 11 heteroatoms. The van der Waals surface area contributed by atoms with Gasteiger partial charge in [-0.05, 0) is 60.8 Å². The Kier molecular flexibility index (Phi) is 9.59. The van der Waals surface area contributed by atoms with Crippen LogP contribution in [0.2, 0.25) is 0 Å². The van der Waals surface area contributed by atoms with Crippen molar-refractivity contribution >= 4 is 29.5 Å². The third-order valence-corrected chi connectivity index (χ3v) is 8.16. The highest BCUT2D eigenvalue weighted by Gasteiger charge is 2.69. The number of carbonyl (C=O) groups excluding carboxylic acids is 4. The number of hydrogen-bond donors (Lipinski definition) is 4. The van der Waals surface area contributed by atoms with Crippen LogP contribution >= 0.6 is 0 Å². The lowest BCUT2D eigenvalue weighted by molar-refractivity contribution is -0.143. The molecule has 2 aromatic rings. The van der Waals surface area contributed by atoms with Gasteiger partial charge in [0, 0.05) is 18.7 Å². The van der Waals surface area contributed by atoms with Crippen LogP contribution in [0.25, 0.3) is 11.1 Å². The van der Waals surface area contributed by atoms with Crippen LogP contribution in [0.1, 0.15) is 49.9 Å². The second kappa shape index (κ2) is 13.1. The van der Waals surface area contributed by atoms with E-state index in [0.29, 0.717) is 31.4 Å². The quantitative estimate of drug-likeness (QED) is 0.162. The lowest BCUT2D eigenvalue weighted by Crippen LogP contribution is -2.59. The third-order valence-electron chi connectivity index (χ3n) is 8.16. The number of guanidine groups is 1. The van der Waals surface area contributed by atoms with Gasteiger partial charge in [0.05, 0.1) is 6.04 Å². The average Bonchev–Trinajstić information content (AvgIpc) is 3.61. The molecule has 2 aliphatic rings. The lowest BCUT2D eigenvalue weighted by atomic mass is 10.00. The van der Waals surface area contributed by atoms with Gasteiger partial charge >= 0.3 is 0 Å². The Morgan fingerprint density at radius 1 is 1.02 bits per heavy atom. The molecule has 0 bridgehead atoms. The Morgan fingerprint density at radius 3 is 2.29 bits per heavy atom. The Labute approximate surface area is 245 Å². The predicted molar refractivity (Wildman–Crippen MR) is 158 cm³/mol. The second-order valence-corrected chi connectivity index (χ2v) is 11.3. The number of nitrogens with one attached hydrogen (secondary N) is 2. The Bertz CT molecular complexity index is 1330. The minimum atomic E-state index is -1.22. The van der Waals surface area contributed by atoms with Crippen molar-refractivity contribution in [1.82, 2.24) is 15.5 Å². The van der Waals surface area contributed by atoms with Crippen molar-refractivity contribution in [3.63, 3.8) is 0 Å². The number of hydrogen-bond acceptors (Lipinski definition) is 5. The summed E-state index contributed by atoms with van der Waals surface area (Å²) >= 11 is 0. The molecule has 1 unspecified atom stereocenters. The number of benzene rings is 2. The van der Waals surface area contributed by atoms with Gasteiger partial charge in [0.2, 0.25) is 11.8 Å². The van der Waals surface area contributed by atoms with E-state index in [1.165, 1.54) is 4.90 Å². The molecule has 4 rings (SSSR count).